The molecule has 2 aromatic carbocycles. The lowest BCUT2D eigenvalue weighted by Crippen LogP contribution is -2.27. The van der Waals surface area contributed by atoms with Gasteiger partial charge < -0.3 is 20.1 Å². The summed E-state index contributed by atoms with van der Waals surface area (Å²) in [6.07, 6.45) is 1.65. The Morgan fingerprint density at radius 1 is 1.00 bits per heavy atom. The van der Waals surface area contributed by atoms with E-state index in [4.69, 9.17) is 9.47 Å². The van der Waals surface area contributed by atoms with E-state index in [-0.39, 0.29) is 11.9 Å². The van der Waals surface area contributed by atoms with Crippen LogP contribution in [0, 0.1) is 0 Å². The highest BCUT2D eigenvalue weighted by Crippen LogP contribution is 2.17. The summed E-state index contributed by atoms with van der Waals surface area (Å²) in [5, 5.41) is 6.19. The van der Waals surface area contributed by atoms with Crippen LogP contribution in [0.15, 0.2) is 72.9 Å². The molecule has 6 heteroatoms. The van der Waals surface area contributed by atoms with Gasteiger partial charge in [0.1, 0.15) is 23.8 Å². The van der Waals surface area contributed by atoms with E-state index in [0.717, 1.165) is 22.7 Å². The lowest BCUT2D eigenvalue weighted by molar-refractivity contribution is 0.0935. The molecule has 0 bridgehead atoms. The molecule has 1 atom stereocenters. The van der Waals surface area contributed by atoms with Crippen LogP contribution in [0.4, 0.5) is 5.69 Å². The number of nitrogens with one attached hydrogen (secondary N) is 2. The van der Waals surface area contributed by atoms with Gasteiger partial charge in [0.15, 0.2) is 0 Å². The summed E-state index contributed by atoms with van der Waals surface area (Å²) in [6, 6.07) is 20.7. The Bertz CT molecular complexity index is 897. The number of ether oxygens (including phenoxy) is 2. The van der Waals surface area contributed by atoms with Crippen molar-refractivity contribution in [1.29, 1.82) is 0 Å². The van der Waals surface area contributed by atoms with Gasteiger partial charge in [-0.25, -0.2) is 4.98 Å². The van der Waals surface area contributed by atoms with Crippen molar-refractivity contribution >= 4 is 11.6 Å². The second kappa shape index (κ2) is 10.1. The van der Waals surface area contributed by atoms with E-state index in [0.29, 0.717) is 18.8 Å². The van der Waals surface area contributed by atoms with Gasteiger partial charge in [0.25, 0.3) is 5.91 Å². The van der Waals surface area contributed by atoms with E-state index in [2.05, 4.69) is 15.6 Å². The third-order valence-electron chi connectivity index (χ3n) is 4.40. The van der Waals surface area contributed by atoms with Gasteiger partial charge in [-0.15, -0.1) is 0 Å². The molecule has 6 nitrogen and oxygen atoms in total. The highest BCUT2D eigenvalue weighted by atomic mass is 16.5. The molecule has 0 saturated heterocycles. The van der Waals surface area contributed by atoms with Crippen molar-refractivity contribution in [3.63, 3.8) is 0 Å². The Kier molecular flexibility index (Phi) is 7.05. The fraction of sp³-hybridized carbons (Fsp3) is 0.217. The van der Waals surface area contributed by atoms with Crippen LogP contribution in [-0.4, -0.2) is 31.2 Å². The highest BCUT2D eigenvalue weighted by molar-refractivity contribution is 5.92. The third-order valence-corrected chi connectivity index (χ3v) is 4.40. The Labute approximate surface area is 170 Å². The van der Waals surface area contributed by atoms with Gasteiger partial charge in [0.05, 0.1) is 25.0 Å². The number of rotatable bonds is 9. The summed E-state index contributed by atoms with van der Waals surface area (Å²) in [4.78, 5) is 16.6. The van der Waals surface area contributed by atoms with Crippen LogP contribution in [0.3, 0.4) is 0 Å². The van der Waals surface area contributed by atoms with Gasteiger partial charge in [-0.3, -0.25) is 4.79 Å². The highest BCUT2D eigenvalue weighted by Gasteiger charge is 2.12. The molecule has 3 rings (SSSR count). The maximum atomic E-state index is 12.4. The zero-order chi connectivity index (χ0) is 20.5. The number of aromatic nitrogens is 1. The number of hydrogen-bond donors (Lipinski definition) is 2. The topological polar surface area (TPSA) is 72.5 Å². The molecular formula is C23H25N3O3. The van der Waals surface area contributed by atoms with Crippen molar-refractivity contribution in [3.8, 4) is 11.5 Å². The molecule has 1 heterocycles. The molecule has 1 aromatic heterocycles. The Balaban J connectivity index is 1.43. The SMILES string of the molecule is COc1ccc(OCCNc2ccc(C(=O)NC(C)c3ccccc3)nc2)cc1. The first-order chi connectivity index (χ1) is 14.2. The molecule has 1 amide bonds. The number of benzene rings is 2. The van der Waals surface area contributed by atoms with Crippen molar-refractivity contribution < 1.29 is 14.3 Å². The smallest absolute Gasteiger partial charge is 0.270 e. The normalized spacial score (nSPS) is 11.4. The lowest BCUT2D eigenvalue weighted by Gasteiger charge is -2.14. The van der Waals surface area contributed by atoms with Gasteiger partial charge >= 0.3 is 0 Å². The quantitative estimate of drug-likeness (QED) is 0.538. The summed E-state index contributed by atoms with van der Waals surface area (Å²) < 4.78 is 10.8. The molecule has 0 aliphatic carbocycles. The molecule has 150 valence electrons. The van der Waals surface area contributed by atoms with Crippen LogP contribution in [0.1, 0.15) is 29.0 Å². The molecule has 29 heavy (non-hydrogen) atoms. The van der Waals surface area contributed by atoms with Crippen molar-refractivity contribution in [1.82, 2.24) is 10.3 Å². The number of pyridine rings is 1. The summed E-state index contributed by atoms with van der Waals surface area (Å²) >= 11 is 0. The average molecular weight is 391 g/mol. The molecule has 0 spiro atoms. The number of carbonyl (C=O) groups is 1. The first-order valence-corrected chi connectivity index (χ1v) is 9.48. The maximum Gasteiger partial charge on any atom is 0.270 e. The third kappa shape index (κ3) is 5.97. The van der Waals surface area contributed by atoms with E-state index in [1.54, 1.807) is 19.4 Å². The minimum absolute atomic E-state index is 0.0848. The molecule has 2 N–H and O–H groups in total. The molecule has 0 radical (unpaired) electrons. The van der Waals surface area contributed by atoms with Crippen molar-refractivity contribution in [2.24, 2.45) is 0 Å². The first kappa shape index (κ1) is 20.2. The van der Waals surface area contributed by atoms with Gasteiger partial charge in [0.2, 0.25) is 0 Å². The predicted molar refractivity (Wildman–Crippen MR) is 114 cm³/mol. The maximum absolute atomic E-state index is 12.4. The summed E-state index contributed by atoms with van der Waals surface area (Å²) in [6.45, 7) is 3.07. The van der Waals surface area contributed by atoms with Crippen LogP contribution in [0.2, 0.25) is 0 Å². The Hall–Kier alpha value is -3.54. The van der Waals surface area contributed by atoms with E-state index in [9.17, 15) is 4.79 Å². The van der Waals surface area contributed by atoms with Crippen molar-refractivity contribution in [2.75, 3.05) is 25.6 Å². The number of carbonyl (C=O) groups excluding carboxylic acids is 1. The van der Waals surface area contributed by atoms with E-state index in [1.165, 1.54) is 0 Å². The zero-order valence-electron chi connectivity index (χ0n) is 16.6. The minimum Gasteiger partial charge on any atom is -0.497 e. The molecule has 1 unspecified atom stereocenters. The summed E-state index contributed by atoms with van der Waals surface area (Å²) in [5.41, 5.74) is 2.26. The van der Waals surface area contributed by atoms with E-state index < -0.39 is 0 Å². The molecule has 0 saturated carbocycles. The molecule has 0 fully saturated rings. The largest absolute Gasteiger partial charge is 0.497 e. The van der Waals surface area contributed by atoms with E-state index in [1.807, 2.05) is 67.6 Å². The van der Waals surface area contributed by atoms with Crippen molar-refractivity contribution in [3.05, 3.63) is 84.2 Å². The van der Waals surface area contributed by atoms with Crippen LogP contribution in [-0.2, 0) is 0 Å². The Morgan fingerprint density at radius 3 is 2.38 bits per heavy atom. The fourth-order valence-electron chi connectivity index (χ4n) is 2.76. The number of amides is 1. The zero-order valence-corrected chi connectivity index (χ0v) is 16.6. The van der Waals surface area contributed by atoms with Crippen LogP contribution < -0.4 is 20.1 Å². The minimum atomic E-state index is -0.198. The van der Waals surface area contributed by atoms with Gasteiger partial charge in [-0.05, 0) is 48.9 Å². The second-order valence-electron chi connectivity index (χ2n) is 6.49. The number of hydrogen-bond acceptors (Lipinski definition) is 5. The van der Waals surface area contributed by atoms with Crippen molar-refractivity contribution in [2.45, 2.75) is 13.0 Å². The van der Waals surface area contributed by atoms with E-state index >= 15 is 0 Å². The summed E-state index contributed by atoms with van der Waals surface area (Å²) in [7, 11) is 1.63. The first-order valence-electron chi connectivity index (χ1n) is 9.48. The second-order valence-corrected chi connectivity index (χ2v) is 6.49. The molecule has 0 aliphatic rings. The van der Waals surface area contributed by atoms with Gasteiger partial charge in [0, 0.05) is 6.54 Å². The predicted octanol–water partition coefficient (Wildman–Crippen LogP) is 4.07. The van der Waals surface area contributed by atoms with Gasteiger partial charge in [-0.2, -0.15) is 0 Å². The number of methoxy groups -OCH3 is 1. The van der Waals surface area contributed by atoms with Crippen LogP contribution >= 0.6 is 0 Å². The monoisotopic (exact) mass is 391 g/mol. The molecule has 3 aromatic rings. The van der Waals surface area contributed by atoms with Gasteiger partial charge in [-0.1, -0.05) is 30.3 Å². The lowest BCUT2D eigenvalue weighted by atomic mass is 10.1. The number of nitrogens with zero attached hydrogens (tertiary/aromatic N) is 1. The fourth-order valence-corrected chi connectivity index (χ4v) is 2.76. The average Bonchev–Trinajstić information content (AvgIpc) is 2.78. The van der Waals surface area contributed by atoms with Crippen LogP contribution in [0.5, 0.6) is 11.5 Å². The molecule has 0 aliphatic heterocycles. The standard InChI is InChI=1S/C23H25N3O3/c1-17(18-6-4-3-5-7-18)26-23(27)22-13-8-19(16-25-22)24-14-15-29-21-11-9-20(28-2)10-12-21/h3-13,16-17,24H,14-15H2,1-2H3,(H,26,27). The Morgan fingerprint density at radius 2 is 1.72 bits per heavy atom. The van der Waals surface area contributed by atoms with Crippen LogP contribution in [0.25, 0.3) is 0 Å². The summed E-state index contributed by atoms with van der Waals surface area (Å²) in [5.74, 6) is 1.38. The molecular weight excluding hydrogens is 366 g/mol. The number of anilines is 1.